The van der Waals surface area contributed by atoms with E-state index in [1.165, 1.54) is 16.4 Å². The van der Waals surface area contributed by atoms with Gasteiger partial charge in [-0.1, -0.05) is 6.42 Å². The van der Waals surface area contributed by atoms with Crippen LogP contribution in [0.2, 0.25) is 0 Å². The van der Waals surface area contributed by atoms with Gasteiger partial charge in [-0.15, -0.1) is 0 Å². The van der Waals surface area contributed by atoms with Gasteiger partial charge in [0, 0.05) is 15.2 Å². The fourth-order valence-corrected chi connectivity index (χ4v) is 2.44. The van der Waals surface area contributed by atoms with Gasteiger partial charge in [-0.2, -0.15) is 0 Å². The number of rotatable bonds is 1. The van der Waals surface area contributed by atoms with Crippen molar-refractivity contribution in [3.63, 3.8) is 0 Å². The topological polar surface area (TPSA) is 32.3 Å². The summed E-state index contributed by atoms with van der Waals surface area (Å²) in [6.07, 6.45) is 3.64. The van der Waals surface area contributed by atoms with Crippen molar-refractivity contribution in [2.75, 3.05) is 6.54 Å². The van der Waals surface area contributed by atoms with E-state index < -0.39 is 0 Å². The van der Waals surface area contributed by atoms with Crippen LogP contribution in [0.4, 0.5) is 0 Å². The Kier molecular flexibility index (Phi) is 3.28. The summed E-state index contributed by atoms with van der Waals surface area (Å²) in [6.45, 7) is 1.07. The zero-order chi connectivity index (χ0) is 9.97. The molecule has 1 atom stereocenters. The minimum Gasteiger partial charge on any atom is -0.508 e. The molecule has 1 saturated heterocycles. The van der Waals surface area contributed by atoms with Crippen molar-refractivity contribution in [3.8, 4) is 5.75 Å². The molecule has 0 saturated carbocycles. The average molecular weight is 303 g/mol. The van der Waals surface area contributed by atoms with E-state index in [4.69, 9.17) is 0 Å². The summed E-state index contributed by atoms with van der Waals surface area (Å²) in [5, 5.41) is 13.2. The van der Waals surface area contributed by atoms with Crippen LogP contribution in [0.15, 0.2) is 18.2 Å². The van der Waals surface area contributed by atoms with Crippen LogP contribution in [0.1, 0.15) is 30.9 Å². The molecule has 0 bridgehead atoms. The van der Waals surface area contributed by atoms with E-state index in [1.807, 2.05) is 6.07 Å². The maximum atomic E-state index is 9.74. The second-order valence-corrected chi connectivity index (χ2v) is 4.95. The Labute approximate surface area is 97.9 Å². The summed E-state index contributed by atoms with van der Waals surface area (Å²) in [4.78, 5) is 0. The van der Waals surface area contributed by atoms with Gasteiger partial charge in [-0.05, 0) is 60.2 Å². The molecule has 3 heteroatoms. The minimum absolute atomic E-state index is 0.346. The van der Waals surface area contributed by atoms with Crippen LogP contribution in [0, 0.1) is 3.57 Å². The number of phenolic OH excluding ortho intramolecular Hbond substituents is 1. The predicted octanol–water partition coefficient (Wildman–Crippen LogP) is 2.81. The normalized spacial score (nSPS) is 22.2. The Morgan fingerprint density at radius 3 is 2.93 bits per heavy atom. The Hall–Kier alpha value is -0.290. The highest BCUT2D eigenvalue weighted by Crippen LogP contribution is 2.30. The zero-order valence-corrected chi connectivity index (χ0v) is 10.1. The standard InChI is InChI=1S/C11H14INO/c12-8-4-5-11(14)9(7-8)10-3-1-2-6-13-10/h4-5,7,10,13-14H,1-3,6H2. The number of hydrogen-bond donors (Lipinski definition) is 2. The molecule has 1 fully saturated rings. The number of nitrogens with one attached hydrogen (secondary N) is 1. The molecule has 1 unspecified atom stereocenters. The molecular formula is C11H14INO. The van der Waals surface area contributed by atoms with Crippen molar-refractivity contribution in [2.24, 2.45) is 0 Å². The van der Waals surface area contributed by atoms with E-state index in [-0.39, 0.29) is 0 Å². The molecule has 0 spiro atoms. The monoisotopic (exact) mass is 303 g/mol. The van der Waals surface area contributed by atoms with E-state index in [0.29, 0.717) is 11.8 Å². The second kappa shape index (κ2) is 4.49. The van der Waals surface area contributed by atoms with Gasteiger partial charge in [0.15, 0.2) is 0 Å². The van der Waals surface area contributed by atoms with Gasteiger partial charge in [0.25, 0.3) is 0 Å². The van der Waals surface area contributed by atoms with Crippen molar-refractivity contribution in [1.82, 2.24) is 5.32 Å². The van der Waals surface area contributed by atoms with Crippen LogP contribution in [-0.2, 0) is 0 Å². The van der Waals surface area contributed by atoms with Gasteiger partial charge in [-0.3, -0.25) is 0 Å². The number of piperidine rings is 1. The molecule has 1 heterocycles. The summed E-state index contributed by atoms with van der Waals surface area (Å²) < 4.78 is 1.18. The first-order valence-corrected chi connectivity index (χ1v) is 6.07. The number of hydrogen-bond acceptors (Lipinski definition) is 2. The van der Waals surface area contributed by atoms with Crippen LogP contribution < -0.4 is 5.32 Å². The maximum Gasteiger partial charge on any atom is 0.120 e. The summed E-state index contributed by atoms with van der Waals surface area (Å²) >= 11 is 2.28. The smallest absolute Gasteiger partial charge is 0.120 e. The molecule has 0 amide bonds. The lowest BCUT2D eigenvalue weighted by atomic mass is 9.97. The first kappa shape index (κ1) is 10.2. The Morgan fingerprint density at radius 1 is 1.36 bits per heavy atom. The number of aromatic hydroxyl groups is 1. The number of halogens is 1. The zero-order valence-electron chi connectivity index (χ0n) is 7.96. The average Bonchev–Trinajstić information content (AvgIpc) is 2.23. The molecule has 0 radical (unpaired) electrons. The third kappa shape index (κ3) is 2.20. The van der Waals surface area contributed by atoms with E-state index in [9.17, 15) is 5.11 Å². The van der Waals surface area contributed by atoms with E-state index >= 15 is 0 Å². The fraction of sp³-hybridized carbons (Fsp3) is 0.455. The fourth-order valence-electron chi connectivity index (χ4n) is 1.92. The van der Waals surface area contributed by atoms with Crippen LogP contribution in [0.3, 0.4) is 0 Å². The lowest BCUT2D eigenvalue weighted by Crippen LogP contribution is -2.26. The molecular weight excluding hydrogens is 289 g/mol. The molecule has 2 nitrogen and oxygen atoms in total. The van der Waals surface area contributed by atoms with Crippen LogP contribution in [0.25, 0.3) is 0 Å². The highest BCUT2D eigenvalue weighted by molar-refractivity contribution is 14.1. The van der Waals surface area contributed by atoms with E-state index in [1.54, 1.807) is 6.07 Å². The molecule has 0 aromatic heterocycles. The van der Waals surface area contributed by atoms with Gasteiger partial charge in [0.1, 0.15) is 5.75 Å². The summed E-state index contributed by atoms with van der Waals surface area (Å²) in [5.41, 5.74) is 1.05. The molecule has 1 aromatic carbocycles. The highest BCUT2D eigenvalue weighted by Gasteiger charge is 2.17. The maximum absolute atomic E-state index is 9.74. The quantitative estimate of drug-likeness (QED) is 0.782. The van der Waals surface area contributed by atoms with E-state index in [2.05, 4.69) is 34.0 Å². The Bertz CT molecular complexity index is 321. The van der Waals surface area contributed by atoms with Gasteiger partial charge >= 0.3 is 0 Å². The first-order chi connectivity index (χ1) is 6.77. The molecule has 2 rings (SSSR count). The first-order valence-electron chi connectivity index (χ1n) is 4.99. The van der Waals surface area contributed by atoms with Crippen molar-refractivity contribution >= 4 is 22.6 Å². The predicted molar refractivity (Wildman–Crippen MR) is 65.4 cm³/mol. The lowest BCUT2D eigenvalue weighted by Gasteiger charge is -2.24. The highest BCUT2D eigenvalue weighted by atomic mass is 127. The summed E-state index contributed by atoms with van der Waals surface area (Å²) in [6, 6.07) is 6.13. The Morgan fingerprint density at radius 2 is 2.21 bits per heavy atom. The van der Waals surface area contributed by atoms with Gasteiger partial charge in [0.2, 0.25) is 0 Å². The molecule has 14 heavy (non-hydrogen) atoms. The third-order valence-electron chi connectivity index (χ3n) is 2.68. The Balaban J connectivity index is 2.24. The third-order valence-corrected chi connectivity index (χ3v) is 3.35. The van der Waals surface area contributed by atoms with Gasteiger partial charge in [-0.25, -0.2) is 0 Å². The molecule has 76 valence electrons. The molecule has 1 aliphatic rings. The molecule has 2 N–H and O–H groups in total. The molecule has 0 aliphatic carbocycles. The number of benzene rings is 1. The summed E-state index contributed by atoms with van der Waals surface area (Å²) in [7, 11) is 0. The minimum atomic E-state index is 0.346. The SMILES string of the molecule is Oc1ccc(I)cc1C1CCCCN1. The van der Waals surface area contributed by atoms with Crippen LogP contribution in [-0.4, -0.2) is 11.7 Å². The second-order valence-electron chi connectivity index (χ2n) is 3.71. The van der Waals surface area contributed by atoms with Crippen LogP contribution in [0.5, 0.6) is 5.75 Å². The van der Waals surface area contributed by atoms with Crippen molar-refractivity contribution in [2.45, 2.75) is 25.3 Å². The van der Waals surface area contributed by atoms with Crippen LogP contribution >= 0.6 is 22.6 Å². The van der Waals surface area contributed by atoms with Gasteiger partial charge < -0.3 is 10.4 Å². The molecule has 1 aliphatic heterocycles. The van der Waals surface area contributed by atoms with Crippen molar-refractivity contribution in [3.05, 3.63) is 27.3 Å². The van der Waals surface area contributed by atoms with Crippen molar-refractivity contribution < 1.29 is 5.11 Å². The summed E-state index contributed by atoms with van der Waals surface area (Å²) in [5.74, 6) is 0.421. The molecule has 1 aromatic rings. The van der Waals surface area contributed by atoms with Gasteiger partial charge in [0.05, 0.1) is 0 Å². The van der Waals surface area contributed by atoms with E-state index in [0.717, 1.165) is 18.5 Å². The lowest BCUT2D eigenvalue weighted by molar-refractivity contribution is 0.391. The number of phenols is 1. The largest absolute Gasteiger partial charge is 0.508 e. The van der Waals surface area contributed by atoms with Crippen molar-refractivity contribution in [1.29, 1.82) is 0 Å².